The summed E-state index contributed by atoms with van der Waals surface area (Å²) in [5.74, 6) is 0. The molecule has 2 N–H and O–H groups in total. The van der Waals surface area contributed by atoms with E-state index in [1.54, 1.807) is 0 Å². The fourth-order valence-electron chi connectivity index (χ4n) is 2.21. The molecule has 3 aromatic carbocycles. The van der Waals surface area contributed by atoms with Crippen LogP contribution in [0.4, 0.5) is 17.1 Å². The Labute approximate surface area is 143 Å². The largest absolute Gasteiger partial charge is 0.469 e. The lowest BCUT2D eigenvalue weighted by atomic mass is 10.2. The van der Waals surface area contributed by atoms with Crippen LogP contribution in [0.1, 0.15) is 0 Å². The highest BCUT2D eigenvalue weighted by molar-refractivity contribution is 6.32. The fraction of sp³-hybridized carbons (Fsp3) is 0. The van der Waals surface area contributed by atoms with Crippen LogP contribution in [-0.4, -0.2) is 25.4 Å². The standard InChI is InChI=1S/C18H15N.B2H2O3/c1-4-10-16(11-5-1)19(17-12-6-2-7-13-17)18-14-8-3-9-15-18;3-1-5-2-4/h1-15H;3-4H. The first kappa shape index (κ1) is 17.8. The van der Waals surface area contributed by atoms with Gasteiger partial charge < -0.3 is 19.5 Å². The average molecular weight is 317 g/mol. The van der Waals surface area contributed by atoms with Crippen molar-refractivity contribution >= 4 is 32.4 Å². The molecular weight excluding hydrogens is 300 g/mol. The molecule has 0 unspecified atom stereocenters. The fourth-order valence-corrected chi connectivity index (χ4v) is 2.21. The summed E-state index contributed by atoms with van der Waals surface area (Å²) < 4.78 is 3.69. The molecule has 118 valence electrons. The molecule has 0 amide bonds. The zero-order valence-electron chi connectivity index (χ0n) is 13.1. The van der Waals surface area contributed by atoms with Crippen LogP contribution in [0.2, 0.25) is 0 Å². The van der Waals surface area contributed by atoms with Crippen LogP contribution in [0.3, 0.4) is 0 Å². The average Bonchev–Trinajstić information content (AvgIpc) is 2.66. The van der Waals surface area contributed by atoms with Crippen molar-refractivity contribution in [2.24, 2.45) is 0 Å². The van der Waals surface area contributed by atoms with E-state index in [1.165, 1.54) is 17.1 Å². The van der Waals surface area contributed by atoms with Crippen molar-refractivity contribution < 1.29 is 14.6 Å². The van der Waals surface area contributed by atoms with Crippen molar-refractivity contribution in [3.8, 4) is 0 Å². The summed E-state index contributed by atoms with van der Waals surface area (Å²) in [4.78, 5) is 2.25. The van der Waals surface area contributed by atoms with Gasteiger partial charge in [0.1, 0.15) is 0 Å². The van der Waals surface area contributed by atoms with Gasteiger partial charge >= 0.3 is 15.4 Å². The normalized spacial score (nSPS) is 9.42. The van der Waals surface area contributed by atoms with Gasteiger partial charge in [0.15, 0.2) is 0 Å². The number of para-hydroxylation sites is 3. The van der Waals surface area contributed by atoms with Crippen LogP contribution in [-0.2, 0) is 4.57 Å². The van der Waals surface area contributed by atoms with E-state index < -0.39 is 0 Å². The van der Waals surface area contributed by atoms with Crippen LogP contribution in [0.5, 0.6) is 0 Å². The highest BCUT2D eigenvalue weighted by atomic mass is 16.5. The Kier molecular flexibility index (Phi) is 7.63. The highest BCUT2D eigenvalue weighted by Crippen LogP contribution is 2.33. The van der Waals surface area contributed by atoms with Gasteiger partial charge in [0, 0.05) is 17.1 Å². The molecule has 0 saturated heterocycles. The Morgan fingerprint density at radius 3 is 1.04 bits per heavy atom. The van der Waals surface area contributed by atoms with Gasteiger partial charge in [0.25, 0.3) is 0 Å². The van der Waals surface area contributed by atoms with Crippen molar-refractivity contribution in [2.45, 2.75) is 0 Å². The van der Waals surface area contributed by atoms with Crippen molar-refractivity contribution in [1.29, 1.82) is 0 Å². The van der Waals surface area contributed by atoms with E-state index in [2.05, 4.69) is 82.3 Å². The van der Waals surface area contributed by atoms with Gasteiger partial charge in [0.2, 0.25) is 0 Å². The lowest BCUT2D eigenvalue weighted by Crippen LogP contribution is -2.09. The van der Waals surface area contributed by atoms with Crippen molar-refractivity contribution in [3.63, 3.8) is 0 Å². The minimum atomic E-state index is 0.375. The second kappa shape index (κ2) is 10.3. The zero-order valence-corrected chi connectivity index (χ0v) is 13.1. The van der Waals surface area contributed by atoms with Crippen molar-refractivity contribution in [2.75, 3.05) is 4.90 Å². The summed E-state index contributed by atoms with van der Waals surface area (Å²) in [6.45, 7) is 0. The zero-order chi connectivity index (χ0) is 17.0. The van der Waals surface area contributed by atoms with E-state index >= 15 is 0 Å². The van der Waals surface area contributed by atoms with E-state index in [9.17, 15) is 0 Å². The molecule has 0 aliphatic heterocycles. The molecule has 4 nitrogen and oxygen atoms in total. The molecule has 0 atom stereocenters. The molecule has 0 heterocycles. The minimum absolute atomic E-state index is 0.375. The maximum absolute atomic E-state index is 7.53. The van der Waals surface area contributed by atoms with Crippen LogP contribution in [0, 0.1) is 0 Å². The molecule has 3 rings (SSSR count). The first-order valence-electron chi connectivity index (χ1n) is 7.39. The van der Waals surface area contributed by atoms with E-state index in [-0.39, 0.29) is 0 Å². The van der Waals surface area contributed by atoms with E-state index in [0.717, 1.165) is 0 Å². The molecule has 0 aliphatic rings. The second-order valence-corrected chi connectivity index (χ2v) is 4.69. The van der Waals surface area contributed by atoms with Crippen LogP contribution >= 0.6 is 0 Å². The number of hydrogen-bond acceptors (Lipinski definition) is 4. The summed E-state index contributed by atoms with van der Waals surface area (Å²) in [7, 11) is 0.750. The first-order valence-corrected chi connectivity index (χ1v) is 7.39. The Morgan fingerprint density at radius 1 is 0.542 bits per heavy atom. The molecule has 0 saturated carbocycles. The number of anilines is 3. The number of hydrogen-bond donors (Lipinski definition) is 2. The number of nitrogens with zero attached hydrogens (tertiary/aromatic N) is 1. The molecule has 3 aromatic rings. The predicted octanol–water partition coefficient (Wildman–Crippen LogP) is 3.21. The molecular formula is C18H17B2NO3. The van der Waals surface area contributed by atoms with Gasteiger partial charge in [-0.2, -0.15) is 0 Å². The molecule has 6 heteroatoms. The van der Waals surface area contributed by atoms with Gasteiger partial charge in [-0.05, 0) is 36.4 Å². The molecule has 0 aromatic heterocycles. The van der Waals surface area contributed by atoms with Gasteiger partial charge in [-0.3, -0.25) is 0 Å². The third kappa shape index (κ3) is 5.28. The SMILES string of the molecule is O[B]O[B]O.c1ccc(N(c2ccccc2)c2ccccc2)cc1. The quantitative estimate of drug-likeness (QED) is 0.710. The molecule has 0 spiro atoms. The molecule has 0 aliphatic carbocycles. The summed E-state index contributed by atoms with van der Waals surface area (Å²) in [5, 5.41) is 15.1. The third-order valence-electron chi connectivity index (χ3n) is 3.16. The van der Waals surface area contributed by atoms with Gasteiger partial charge in [-0.15, -0.1) is 0 Å². The third-order valence-corrected chi connectivity index (χ3v) is 3.16. The lowest BCUT2D eigenvalue weighted by molar-refractivity contribution is 0.408. The van der Waals surface area contributed by atoms with Crippen LogP contribution < -0.4 is 4.90 Å². The summed E-state index contributed by atoms with van der Waals surface area (Å²) in [6.07, 6.45) is 0. The van der Waals surface area contributed by atoms with E-state index in [4.69, 9.17) is 10.0 Å². The van der Waals surface area contributed by atoms with Crippen molar-refractivity contribution in [3.05, 3.63) is 91.0 Å². The molecule has 0 bridgehead atoms. The van der Waals surface area contributed by atoms with Crippen molar-refractivity contribution in [1.82, 2.24) is 0 Å². The maximum Gasteiger partial charge on any atom is 0.469 e. The highest BCUT2D eigenvalue weighted by Gasteiger charge is 2.10. The topological polar surface area (TPSA) is 52.9 Å². The van der Waals surface area contributed by atoms with Crippen LogP contribution in [0.15, 0.2) is 91.0 Å². The molecule has 0 fully saturated rings. The van der Waals surface area contributed by atoms with E-state index in [1.807, 2.05) is 18.2 Å². The molecule has 2 radical (unpaired) electrons. The second-order valence-electron chi connectivity index (χ2n) is 4.69. The Balaban J connectivity index is 0.000000368. The van der Waals surface area contributed by atoms with Gasteiger partial charge in [-0.1, -0.05) is 54.6 Å². The molecule has 24 heavy (non-hydrogen) atoms. The minimum Gasteiger partial charge on any atom is -0.456 e. The summed E-state index contributed by atoms with van der Waals surface area (Å²) in [5.41, 5.74) is 3.50. The summed E-state index contributed by atoms with van der Waals surface area (Å²) in [6, 6.07) is 31.3. The van der Waals surface area contributed by atoms with Crippen LogP contribution in [0.25, 0.3) is 0 Å². The first-order chi connectivity index (χ1) is 11.9. The Morgan fingerprint density at radius 2 is 0.833 bits per heavy atom. The predicted molar refractivity (Wildman–Crippen MR) is 98.2 cm³/mol. The Bertz CT molecular complexity index is 588. The van der Waals surface area contributed by atoms with E-state index in [0.29, 0.717) is 15.4 Å². The summed E-state index contributed by atoms with van der Waals surface area (Å²) >= 11 is 0. The number of rotatable bonds is 5. The smallest absolute Gasteiger partial charge is 0.456 e. The van der Waals surface area contributed by atoms with Gasteiger partial charge in [0.05, 0.1) is 0 Å². The van der Waals surface area contributed by atoms with Gasteiger partial charge in [-0.25, -0.2) is 0 Å². The monoisotopic (exact) mass is 317 g/mol. The maximum atomic E-state index is 7.53. The lowest BCUT2D eigenvalue weighted by Gasteiger charge is -2.25. The Hall–Kier alpha value is -2.53. The number of benzene rings is 3.